The van der Waals surface area contributed by atoms with Crippen LogP contribution in [-0.4, -0.2) is 25.7 Å². The number of carboxylic acid groups (broad SMARTS) is 1. The summed E-state index contributed by atoms with van der Waals surface area (Å²) < 4.78 is 1.90. The zero-order valence-corrected chi connectivity index (χ0v) is 11.5. The third-order valence-corrected chi connectivity index (χ3v) is 4.04. The van der Waals surface area contributed by atoms with E-state index in [9.17, 15) is 4.79 Å². The van der Waals surface area contributed by atoms with Gasteiger partial charge >= 0.3 is 5.97 Å². The van der Waals surface area contributed by atoms with Crippen LogP contribution in [-0.2, 0) is 0 Å². The molecule has 0 saturated carbocycles. The minimum atomic E-state index is -0.919. The van der Waals surface area contributed by atoms with Crippen molar-refractivity contribution in [3.8, 4) is 0 Å². The minimum Gasteiger partial charge on any atom is -0.478 e. The molecule has 0 atom stereocenters. The molecule has 0 bridgehead atoms. The quantitative estimate of drug-likeness (QED) is 0.801. The van der Waals surface area contributed by atoms with Gasteiger partial charge in [-0.15, -0.1) is 10.2 Å². The first-order valence-corrected chi connectivity index (χ1v) is 6.78. The number of aryl methyl sites for hydroxylation is 1. The van der Waals surface area contributed by atoms with Crippen molar-refractivity contribution in [1.29, 1.82) is 0 Å². The highest BCUT2D eigenvalue weighted by Gasteiger charge is 2.10. The molecule has 0 spiro atoms. The van der Waals surface area contributed by atoms with E-state index in [0.717, 1.165) is 21.3 Å². The number of fused-ring (bicyclic) bond motifs is 1. The number of carboxylic acids is 1. The summed E-state index contributed by atoms with van der Waals surface area (Å²) in [5.41, 5.74) is 1.98. The van der Waals surface area contributed by atoms with Crippen molar-refractivity contribution >= 4 is 23.4 Å². The van der Waals surface area contributed by atoms with Gasteiger partial charge in [-0.3, -0.25) is 4.40 Å². The molecule has 0 saturated heterocycles. The topological polar surface area (TPSA) is 67.5 Å². The minimum absolute atomic E-state index is 0.290. The Bertz CT molecular complexity index is 798. The van der Waals surface area contributed by atoms with E-state index >= 15 is 0 Å². The number of rotatable bonds is 3. The van der Waals surface area contributed by atoms with Gasteiger partial charge < -0.3 is 5.11 Å². The Morgan fingerprint density at radius 3 is 2.85 bits per heavy atom. The predicted molar refractivity (Wildman–Crippen MR) is 75.2 cm³/mol. The number of benzene rings is 1. The first-order valence-electron chi connectivity index (χ1n) is 5.97. The van der Waals surface area contributed by atoms with Gasteiger partial charge in [-0.2, -0.15) is 0 Å². The maximum Gasteiger partial charge on any atom is 0.335 e. The molecule has 0 aliphatic rings. The molecule has 1 N–H and O–H groups in total. The lowest BCUT2D eigenvalue weighted by molar-refractivity contribution is 0.0696. The maximum atomic E-state index is 10.9. The SMILES string of the molecule is Cc1cc(C(=O)O)ccc1Sc1nnc2ccccn12. The molecule has 20 heavy (non-hydrogen) atoms. The molecule has 0 radical (unpaired) electrons. The second kappa shape index (κ2) is 4.97. The average molecular weight is 285 g/mol. The van der Waals surface area contributed by atoms with Crippen molar-refractivity contribution in [3.63, 3.8) is 0 Å². The van der Waals surface area contributed by atoms with E-state index in [4.69, 9.17) is 5.11 Å². The maximum absolute atomic E-state index is 10.9. The number of pyridine rings is 1. The average Bonchev–Trinajstić information content (AvgIpc) is 2.84. The molecule has 0 amide bonds. The Balaban J connectivity index is 1.97. The molecule has 2 aromatic heterocycles. The summed E-state index contributed by atoms with van der Waals surface area (Å²) in [7, 11) is 0. The third kappa shape index (κ3) is 2.25. The number of hydrogen-bond acceptors (Lipinski definition) is 4. The smallest absolute Gasteiger partial charge is 0.335 e. The summed E-state index contributed by atoms with van der Waals surface area (Å²) in [6.45, 7) is 1.89. The van der Waals surface area contributed by atoms with Crippen LogP contribution in [0.4, 0.5) is 0 Å². The molecule has 3 aromatic rings. The second-order valence-corrected chi connectivity index (χ2v) is 5.31. The van der Waals surface area contributed by atoms with E-state index in [0.29, 0.717) is 0 Å². The van der Waals surface area contributed by atoms with Gasteiger partial charge in [0.2, 0.25) is 0 Å². The number of carbonyl (C=O) groups is 1. The molecular weight excluding hydrogens is 274 g/mol. The van der Waals surface area contributed by atoms with E-state index < -0.39 is 5.97 Å². The van der Waals surface area contributed by atoms with Crippen molar-refractivity contribution in [2.45, 2.75) is 17.0 Å². The number of hydrogen-bond donors (Lipinski definition) is 1. The standard InChI is InChI=1S/C14H11N3O2S/c1-9-8-10(13(18)19)5-6-11(9)20-14-16-15-12-4-2-3-7-17(12)14/h2-8H,1H3,(H,18,19). The highest BCUT2D eigenvalue weighted by Crippen LogP contribution is 2.29. The van der Waals surface area contributed by atoms with Crippen LogP contribution in [0.25, 0.3) is 5.65 Å². The molecular formula is C14H11N3O2S. The number of nitrogens with zero attached hydrogens (tertiary/aromatic N) is 3. The fourth-order valence-electron chi connectivity index (χ4n) is 1.88. The highest BCUT2D eigenvalue weighted by atomic mass is 32.2. The zero-order valence-electron chi connectivity index (χ0n) is 10.6. The third-order valence-electron chi connectivity index (χ3n) is 2.91. The number of aromatic carboxylic acids is 1. The molecule has 0 fully saturated rings. The largest absolute Gasteiger partial charge is 0.478 e. The van der Waals surface area contributed by atoms with Gasteiger partial charge in [0, 0.05) is 11.1 Å². The summed E-state index contributed by atoms with van der Waals surface area (Å²) in [6, 6.07) is 10.8. The second-order valence-electron chi connectivity index (χ2n) is 4.30. The van der Waals surface area contributed by atoms with Crippen LogP contribution in [0.2, 0.25) is 0 Å². The van der Waals surface area contributed by atoms with Gasteiger partial charge in [-0.05, 0) is 54.6 Å². The lowest BCUT2D eigenvalue weighted by Crippen LogP contribution is -1.97. The summed E-state index contributed by atoms with van der Waals surface area (Å²) in [6.07, 6.45) is 1.90. The molecule has 0 aliphatic heterocycles. The van der Waals surface area contributed by atoms with Crippen LogP contribution in [0.15, 0.2) is 52.6 Å². The lowest BCUT2D eigenvalue weighted by atomic mass is 10.1. The van der Waals surface area contributed by atoms with Crippen LogP contribution in [0.5, 0.6) is 0 Å². The lowest BCUT2D eigenvalue weighted by Gasteiger charge is -2.05. The van der Waals surface area contributed by atoms with E-state index in [1.807, 2.05) is 35.7 Å². The van der Waals surface area contributed by atoms with E-state index in [2.05, 4.69) is 10.2 Å². The first kappa shape index (κ1) is 12.7. The van der Waals surface area contributed by atoms with Gasteiger partial charge in [0.15, 0.2) is 10.8 Å². The Kier molecular flexibility index (Phi) is 3.15. The van der Waals surface area contributed by atoms with Crippen molar-refractivity contribution < 1.29 is 9.90 Å². The van der Waals surface area contributed by atoms with Crippen LogP contribution in [0.3, 0.4) is 0 Å². The van der Waals surface area contributed by atoms with Crippen molar-refractivity contribution in [2.24, 2.45) is 0 Å². The molecule has 0 unspecified atom stereocenters. The monoisotopic (exact) mass is 285 g/mol. The molecule has 5 nitrogen and oxygen atoms in total. The molecule has 100 valence electrons. The highest BCUT2D eigenvalue weighted by molar-refractivity contribution is 7.99. The van der Waals surface area contributed by atoms with E-state index in [1.165, 1.54) is 11.8 Å². The number of aromatic nitrogens is 3. The van der Waals surface area contributed by atoms with Gasteiger partial charge in [0.05, 0.1) is 5.56 Å². The summed E-state index contributed by atoms with van der Waals surface area (Å²) in [5.74, 6) is -0.919. The Morgan fingerprint density at radius 2 is 2.10 bits per heavy atom. The first-order chi connectivity index (χ1) is 9.65. The van der Waals surface area contributed by atoms with E-state index in [-0.39, 0.29) is 5.56 Å². The summed E-state index contributed by atoms with van der Waals surface area (Å²) >= 11 is 1.47. The van der Waals surface area contributed by atoms with Gasteiger partial charge in [0.1, 0.15) is 0 Å². The van der Waals surface area contributed by atoms with Crippen LogP contribution in [0, 0.1) is 6.92 Å². The fraction of sp³-hybridized carbons (Fsp3) is 0.0714. The Morgan fingerprint density at radius 1 is 1.25 bits per heavy atom. The predicted octanol–water partition coefficient (Wildman–Crippen LogP) is 2.89. The molecule has 6 heteroatoms. The Hall–Kier alpha value is -2.34. The fourth-order valence-corrected chi connectivity index (χ4v) is 2.77. The summed E-state index contributed by atoms with van der Waals surface area (Å²) in [4.78, 5) is 11.9. The van der Waals surface area contributed by atoms with E-state index in [1.54, 1.807) is 18.2 Å². The normalized spacial score (nSPS) is 10.8. The van der Waals surface area contributed by atoms with Crippen LogP contribution in [0.1, 0.15) is 15.9 Å². The molecule has 0 aliphatic carbocycles. The molecule has 2 heterocycles. The van der Waals surface area contributed by atoms with Gasteiger partial charge in [-0.25, -0.2) is 4.79 Å². The van der Waals surface area contributed by atoms with Crippen LogP contribution < -0.4 is 0 Å². The van der Waals surface area contributed by atoms with Gasteiger partial charge in [0.25, 0.3) is 0 Å². The van der Waals surface area contributed by atoms with Crippen molar-refractivity contribution in [1.82, 2.24) is 14.6 Å². The van der Waals surface area contributed by atoms with Gasteiger partial charge in [-0.1, -0.05) is 6.07 Å². The van der Waals surface area contributed by atoms with Crippen molar-refractivity contribution in [2.75, 3.05) is 0 Å². The molecule has 3 rings (SSSR count). The Labute approximate surface area is 119 Å². The zero-order chi connectivity index (χ0) is 14.1. The van der Waals surface area contributed by atoms with Crippen molar-refractivity contribution in [3.05, 3.63) is 53.7 Å². The molecule has 1 aromatic carbocycles. The summed E-state index contributed by atoms with van der Waals surface area (Å²) in [5, 5.41) is 18.0. The van der Waals surface area contributed by atoms with Crippen LogP contribution >= 0.6 is 11.8 Å².